The molecule has 1 atom stereocenters. The highest BCUT2D eigenvalue weighted by Crippen LogP contribution is 2.15. The fourth-order valence-corrected chi connectivity index (χ4v) is 1.98. The Morgan fingerprint density at radius 1 is 1.11 bits per heavy atom. The first-order valence-electron chi connectivity index (χ1n) is 6.30. The summed E-state index contributed by atoms with van der Waals surface area (Å²) in [5.41, 5.74) is 2.55. The molecule has 0 fully saturated rings. The van der Waals surface area contributed by atoms with Crippen molar-refractivity contribution >= 4 is 0 Å². The van der Waals surface area contributed by atoms with Gasteiger partial charge in [0.05, 0.1) is 0 Å². The quantitative estimate of drug-likeness (QED) is 0.872. The largest absolute Gasteiger partial charge is 0.306 e. The summed E-state index contributed by atoms with van der Waals surface area (Å²) in [7, 11) is 0. The van der Waals surface area contributed by atoms with E-state index in [0.29, 0.717) is 12.1 Å². The van der Waals surface area contributed by atoms with E-state index in [9.17, 15) is 8.78 Å². The van der Waals surface area contributed by atoms with E-state index in [4.69, 9.17) is 0 Å². The molecule has 3 heteroatoms. The molecule has 1 nitrogen and oxygen atoms in total. The molecular formula is C16H17F2N. The van der Waals surface area contributed by atoms with Crippen LogP contribution >= 0.6 is 0 Å². The maximum atomic E-state index is 13.1. The summed E-state index contributed by atoms with van der Waals surface area (Å²) in [6, 6.07) is 11.6. The topological polar surface area (TPSA) is 12.0 Å². The SMILES string of the molecule is Cc1cc(CNC(C)c2cccc(F)c2)ccc1F. The second kappa shape index (κ2) is 5.93. The summed E-state index contributed by atoms with van der Waals surface area (Å²) in [4.78, 5) is 0. The minimum atomic E-state index is -0.233. The molecule has 0 saturated carbocycles. The summed E-state index contributed by atoms with van der Waals surface area (Å²) in [6.07, 6.45) is 0. The molecule has 2 aromatic rings. The van der Waals surface area contributed by atoms with E-state index in [-0.39, 0.29) is 17.7 Å². The predicted octanol–water partition coefficient (Wildman–Crippen LogP) is 4.12. The van der Waals surface area contributed by atoms with Gasteiger partial charge in [-0.25, -0.2) is 8.78 Å². The molecule has 0 bridgehead atoms. The van der Waals surface area contributed by atoms with Crippen LogP contribution in [0.1, 0.15) is 29.7 Å². The molecule has 2 rings (SSSR count). The Labute approximate surface area is 112 Å². The van der Waals surface area contributed by atoms with Crippen molar-refractivity contribution in [2.75, 3.05) is 0 Å². The van der Waals surface area contributed by atoms with Gasteiger partial charge in [-0.05, 0) is 48.7 Å². The molecule has 0 aromatic heterocycles. The van der Waals surface area contributed by atoms with E-state index < -0.39 is 0 Å². The van der Waals surface area contributed by atoms with Crippen molar-refractivity contribution in [1.29, 1.82) is 0 Å². The number of hydrogen-bond donors (Lipinski definition) is 1. The zero-order valence-electron chi connectivity index (χ0n) is 11.1. The van der Waals surface area contributed by atoms with Gasteiger partial charge in [0, 0.05) is 12.6 Å². The normalized spacial score (nSPS) is 12.4. The van der Waals surface area contributed by atoms with Crippen LogP contribution < -0.4 is 5.32 Å². The van der Waals surface area contributed by atoms with Crippen molar-refractivity contribution in [1.82, 2.24) is 5.32 Å². The van der Waals surface area contributed by atoms with Gasteiger partial charge in [0.1, 0.15) is 11.6 Å². The van der Waals surface area contributed by atoms with Crippen LogP contribution in [0.4, 0.5) is 8.78 Å². The lowest BCUT2D eigenvalue weighted by Crippen LogP contribution is -2.18. The van der Waals surface area contributed by atoms with Crippen LogP contribution in [0, 0.1) is 18.6 Å². The number of rotatable bonds is 4. The molecule has 0 aliphatic rings. The molecule has 1 N–H and O–H groups in total. The second-order valence-corrected chi connectivity index (χ2v) is 4.74. The van der Waals surface area contributed by atoms with Gasteiger partial charge in [0.25, 0.3) is 0 Å². The monoisotopic (exact) mass is 261 g/mol. The van der Waals surface area contributed by atoms with Gasteiger partial charge in [-0.3, -0.25) is 0 Å². The highest BCUT2D eigenvalue weighted by atomic mass is 19.1. The van der Waals surface area contributed by atoms with Crippen LogP contribution in [0.15, 0.2) is 42.5 Å². The van der Waals surface area contributed by atoms with E-state index in [1.165, 1.54) is 18.2 Å². The molecule has 2 aromatic carbocycles. The third-order valence-electron chi connectivity index (χ3n) is 3.18. The van der Waals surface area contributed by atoms with Crippen LogP contribution in [-0.4, -0.2) is 0 Å². The van der Waals surface area contributed by atoms with Gasteiger partial charge in [-0.15, -0.1) is 0 Å². The van der Waals surface area contributed by atoms with Gasteiger partial charge < -0.3 is 5.32 Å². The minimum absolute atomic E-state index is 0.0426. The standard InChI is InChI=1S/C16H17F2N/c1-11-8-13(6-7-16(11)18)10-19-12(2)14-4-3-5-15(17)9-14/h3-9,12,19H,10H2,1-2H3. The first kappa shape index (κ1) is 13.7. The molecular weight excluding hydrogens is 244 g/mol. The lowest BCUT2D eigenvalue weighted by Gasteiger charge is -2.14. The molecule has 0 saturated heterocycles. The average Bonchev–Trinajstić information content (AvgIpc) is 2.40. The van der Waals surface area contributed by atoms with E-state index in [1.807, 2.05) is 19.1 Å². The summed E-state index contributed by atoms with van der Waals surface area (Å²) < 4.78 is 26.3. The smallest absolute Gasteiger partial charge is 0.126 e. The Morgan fingerprint density at radius 2 is 1.89 bits per heavy atom. The third kappa shape index (κ3) is 3.61. The molecule has 0 heterocycles. The van der Waals surface area contributed by atoms with Gasteiger partial charge in [-0.1, -0.05) is 24.3 Å². The maximum Gasteiger partial charge on any atom is 0.126 e. The van der Waals surface area contributed by atoms with Gasteiger partial charge in [0.2, 0.25) is 0 Å². The average molecular weight is 261 g/mol. The number of aryl methyl sites for hydroxylation is 1. The highest BCUT2D eigenvalue weighted by molar-refractivity contribution is 5.24. The summed E-state index contributed by atoms with van der Waals surface area (Å²) in [5, 5.41) is 3.30. The number of hydrogen-bond acceptors (Lipinski definition) is 1. The molecule has 0 spiro atoms. The maximum absolute atomic E-state index is 13.1. The zero-order valence-corrected chi connectivity index (χ0v) is 11.1. The van der Waals surface area contributed by atoms with Crippen LogP contribution in [0.5, 0.6) is 0 Å². The molecule has 0 radical (unpaired) electrons. The lowest BCUT2D eigenvalue weighted by molar-refractivity contribution is 0.563. The van der Waals surface area contributed by atoms with Crippen molar-refractivity contribution in [3.63, 3.8) is 0 Å². The van der Waals surface area contributed by atoms with E-state index in [2.05, 4.69) is 5.32 Å². The fraction of sp³-hybridized carbons (Fsp3) is 0.250. The van der Waals surface area contributed by atoms with Crippen molar-refractivity contribution in [3.8, 4) is 0 Å². The molecule has 0 aliphatic carbocycles. The van der Waals surface area contributed by atoms with E-state index >= 15 is 0 Å². The Hall–Kier alpha value is -1.74. The van der Waals surface area contributed by atoms with Crippen molar-refractivity contribution in [2.24, 2.45) is 0 Å². The first-order valence-corrected chi connectivity index (χ1v) is 6.30. The first-order chi connectivity index (χ1) is 9.06. The lowest BCUT2D eigenvalue weighted by atomic mass is 10.1. The van der Waals surface area contributed by atoms with Gasteiger partial charge in [0.15, 0.2) is 0 Å². The summed E-state index contributed by atoms with van der Waals surface area (Å²) in [6.45, 7) is 4.35. The fourth-order valence-electron chi connectivity index (χ4n) is 1.98. The number of halogens is 2. The zero-order chi connectivity index (χ0) is 13.8. The Balaban J connectivity index is 2.00. The minimum Gasteiger partial charge on any atom is -0.306 e. The molecule has 0 aliphatic heterocycles. The van der Waals surface area contributed by atoms with E-state index in [0.717, 1.165) is 11.1 Å². The van der Waals surface area contributed by atoms with Crippen LogP contribution in [0.25, 0.3) is 0 Å². The van der Waals surface area contributed by atoms with Crippen molar-refractivity contribution in [2.45, 2.75) is 26.4 Å². The summed E-state index contributed by atoms with van der Waals surface area (Å²) >= 11 is 0. The molecule has 1 unspecified atom stereocenters. The predicted molar refractivity (Wildman–Crippen MR) is 72.8 cm³/mol. The van der Waals surface area contributed by atoms with Crippen LogP contribution in [-0.2, 0) is 6.54 Å². The van der Waals surface area contributed by atoms with Crippen LogP contribution in [0.2, 0.25) is 0 Å². The third-order valence-corrected chi connectivity index (χ3v) is 3.18. The van der Waals surface area contributed by atoms with Gasteiger partial charge in [-0.2, -0.15) is 0 Å². The Kier molecular flexibility index (Phi) is 4.27. The van der Waals surface area contributed by atoms with Gasteiger partial charge >= 0.3 is 0 Å². The molecule has 0 amide bonds. The van der Waals surface area contributed by atoms with Crippen molar-refractivity contribution in [3.05, 3.63) is 70.8 Å². The second-order valence-electron chi connectivity index (χ2n) is 4.74. The summed E-state index contributed by atoms with van der Waals surface area (Å²) in [5.74, 6) is -0.425. The van der Waals surface area contributed by atoms with Crippen LogP contribution in [0.3, 0.4) is 0 Å². The van der Waals surface area contributed by atoms with E-state index in [1.54, 1.807) is 19.1 Å². The number of nitrogens with one attached hydrogen (secondary N) is 1. The van der Waals surface area contributed by atoms with Crippen molar-refractivity contribution < 1.29 is 8.78 Å². The molecule has 19 heavy (non-hydrogen) atoms. The Bertz CT molecular complexity index is 566. The number of benzene rings is 2. The molecule has 100 valence electrons. The highest BCUT2D eigenvalue weighted by Gasteiger charge is 2.06. The Morgan fingerprint density at radius 3 is 2.58 bits per heavy atom.